The second-order valence-corrected chi connectivity index (χ2v) is 6.83. The Labute approximate surface area is 115 Å². The van der Waals surface area contributed by atoms with Crippen molar-refractivity contribution >= 4 is 0 Å². The molecule has 0 bridgehead atoms. The van der Waals surface area contributed by atoms with Crippen LogP contribution in [0.15, 0.2) is 0 Å². The maximum absolute atomic E-state index is 10.7. The van der Waals surface area contributed by atoms with Gasteiger partial charge in [-0.15, -0.1) is 0 Å². The molecule has 0 unspecified atom stereocenters. The van der Waals surface area contributed by atoms with Crippen molar-refractivity contribution in [2.45, 2.75) is 95.1 Å². The van der Waals surface area contributed by atoms with E-state index in [9.17, 15) is 5.11 Å². The minimum absolute atomic E-state index is 0.136. The van der Waals surface area contributed by atoms with Crippen molar-refractivity contribution in [3.63, 3.8) is 0 Å². The van der Waals surface area contributed by atoms with Gasteiger partial charge in [0.15, 0.2) is 5.79 Å². The summed E-state index contributed by atoms with van der Waals surface area (Å²) in [7, 11) is 0. The van der Waals surface area contributed by atoms with E-state index in [0.29, 0.717) is 0 Å². The minimum Gasteiger partial charge on any atom is -0.385 e. The van der Waals surface area contributed by atoms with E-state index in [1.807, 2.05) is 6.92 Å². The summed E-state index contributed by atoms with van der Waals surface area (Å²) in [6, 6.07) is 0. The van der Waals surface area contributed by atoms with Gasteiger partial charge in [0.2, 0.25) is 5.79 Å². The van der Waals surface area contributed by atoms with E-state index in [1.54, 1.807) is 0 Å². The maximum atomic E-state index is 10.7. The van der Waals surface area contributed by atoms with Crippen LogP contribution in [0.2, 0.25) is 0 Å². The molecule has 5 atom stereocenters. The van der Waals surface area contributed by atoms with Gasteiger partial charge in [0.25, 0.3) is 0 Å². The summed E-state index contributed by atoms with van der Waals surface area (Å²) in [6.45, 7) is 5.98. The number of aliphatic hydroxyl groups is 1. The van der Waals surface area contributed by atoms with Crippen molar-refractivity contribution in [3.8, 4) is 0 Å². The van der Waals surface area contributed by atoms with Crippen molar-refractivity contribution < 1.29 is 19.3 Å². The number of ether oxygens (including phenoxy) is 3. The normalized spacial score (nSPS) is 54.9. The molecule has 3 heterocycles. The Balaban J connectivity index is 1.82. The first-order valence-electron chi connectivity index (χ1n) is 7.65. The lowest BCUT2D eigenvalue weighted by atomic mass is 9.84. The maximum Gasteiger partial charge on any atom is 0.200 e. The molecule has 0 aromatic carbocycles. The van der Waals surface area contributed by atoms with E-state index in [0.717, 1.165) is 44.9 Å². The average Bonchev–Trinajstić information content (AvgIpc) is 2.65. The molecule has 19 heavy (non-hydrogen) atoms. The lowest BCUT2D eigenvalue weighted by Gasteiger charge is -2.49. The zero-order valence-corrected chi connectivity index (χ0v) is 12.3. The molecule has 3 fully saturated rings. The van der Waals surface area contributed by atoms with Gasteiger partial charge in [-0.2, -0.15) is 0 Å². The minimum atomic E-state index is -0.924. The standard InChI is InChI=1S/C15H26O4/c1-11-5-4-7-14(17-11)9-10-15(19-14)13(3,16)8-6-12(2)18-15/h11-12,16H,4-10H2,1-3H3/t11-,12+,13+,14-,15+/m1/s1. The van der Waals surface area contributed by atoms with Gasteiger partial charge in [-0.1, -0.05) is 0 Å². The number of hydrogen-bond donors (Lipinski definition) is 1. The second kappa shape index (κ2) is 4.42. The van der Waals surface area contributed by atoms with Crippen LogP contribution in [0.1, 0.15) is 65.7 Å². The molecule has 4 nitrogen and oxygen atoms in total. The highest BCUT2D eigenvalue weighted by Gasteiger charge is 2.62. The first-order chi connectivity index (χ1) is 8.87. The summed E-state index contributed by atoms with van der Waals surface area (Å²) >= 11 is 0. The van der Waals surface area contributed by atoms with Crippen LogP contribution in [0.25, 0.3) is 0 Å². The van der Waals surface area contributed by atoms with E-state index < -0.39 is 17.2 Å². The molecule has 3 aliphatic rings. The molecule has 1 N–H and O–H groups in total. The molecular formula is C15H26O4. The fourth-order valence-corrected chi connectivity index (χ4v) is 3.81. The average molecular weight is 270 g/mol. The number of hydrogen-bond acceptors (Lipinski definition) is 4. The molecule has 0 radical (unpaired) electrons. The molecular weight excluding hydrogens is 244 g/mol. The van der Waals surface area contributed by atoms with Gasteiger partial charge in [0, 0.05) is 19.3 Å². The van der Waals surface area contributed by atoms with Crippen LogP contribution in [0.4, 0.5) is 0 Å². The summed E-state index contributed by atoms with van der Waals surface area (Å²) in [5.41, 5.74) is -0.924. The van der Waals surface area contributed by atoms with Crippen LogP contribution in [0.3, 0.4) is 0 Å². The third-order valence-electron chi connectivity index (χ3n) is 5.02. The van der Waals surface area contributed by atoms with Crippen LogP contribution in [0.5, 0.6) is 0 Å². The highest BCUT2D eigenvalue weighted by Crippen LogP contribution is 2.53. The Morgan fingerprint density at radius 1 is 0.947 bits per heavy atom. The van der Waals surface area contributed by atoms with Crippen molar-refractivity contribution in [3.05, 3.63) is 0 Å². The molecule has 0 saturated carbocycles. The third kappa shape index (κ3) is 2.23. The summed E-state index contributed by atoms with van der Waals surface area (Å²) in [5.74, 6) is -1.40. The first kappa shape index (κ1) is 13.8. The Kier molecular flexibility index (Phi) is 3.21. The largest absolute Gasteiger partial charge is 0.385 e. The molecule has 4 heteroatoms. The molecule has 0 aromatic rings. The Morgan fingerprint density at radius 2 is 1.68 bits per heavy atom. The van der Waals surface area contributed by atoms with Gasteiger partial charge < -0.3 is 19.3 Å². The molecule has 2 spiro atoms. The molecule has 3 rings (SSSR count). The highest BCUT2D eigenvalue weighted by atomic mass is 16.8. The van der Waals surface area contributed by atoms with E-state index in [4.69, 9.17) is 14.2 Å². The fraction of sp³-hybridized carbons (Fsp3) is 1.00. The van der Waals surface area contributed by atoms with E-state index >= 15 is 0 Å². The molecule has 0 amide bonds. The van der Waals surface area contributed by atoms with Gasteiger partial charge in [-0.25, -0.2) is 0 Å². The predicted molar refractivity (Wildman–Crippen MR) is 70.6 cm³/mol. The van der Waals surface area contributed by atoms with Gasteiger partial charge in [-0.05, 0) is 46.5 Å². The van der Waals surface area contributed by atoms with Crippen molar-refractivity contribution in [2.24, 2.45) is 0 Å². The quantitative estimate of drug-likeness (QED) is 0.735. The first-order valence-corrected chi connectivity index (χ1v) is 7.65. The fourth-order valence-electron chi connectivity index (χ4n) is 3.81. The van der Waals surface area contributed by atoms with Gasteiger partial charge in [0.1, 0.15) is 5.60 Å². The van der Waals surface area contributed by atoms with Crippen LogP contribution >= 0.6 is 0 Å². The second-order valence-electron chi connectivity index (χ2n) is 6.83. The Hall–Kier alpha value is -0.160. The summed E-state index contributed by atoms with van der Waals surface area (Å²) < 4.78 is 18.4. The smallest absolute Gasteiger partial charge is 0.200 e. The van der Waals surface area contributed by atoms with E-state index in [2.05, 4.69) is 13.8 Å². The third-order valence-corrected chi connectivity index (χ3v) is 5.02. The molecule has 3 saturated heterocycles. The Morgan fingerprint density at radius 3 is 2.42 bits per heavy atom. The molecule has 0 aliphatic carbocycles. The molecule has 3 aliphatic heterocycles. The summed E-state index contributed by atoms with van der Waals surface area (Å²) in [4.78, 5) is 0. The lowest BCUT2D eigenvalue weighted by Crippen LogP contribution is -2.60. The summed E-state index contributed by atoms with van der Waals surface area (Å²) in [5, 5.41) is 10.7. The Bertz CT molecular complexity index is 356. The monoisotopic (exact) mass is 270 g/mol. The SMILES string of the molecule is C[C@@H]1CCC[C@@]2(CC[C@]3(O[C@@H](C)CC[C@]3(C)O)O2)O1. The van der Waals surface area contributed by atoms with Crippen molar-refractivity contribution in [1.29, 1.82) is 0 Å². The van der Waals surface area contributed by atoms with Crippen LogP contribution in [-0.4, -0.2) is 34.5 Å². The highest BCUT2D eigenvalue weighted by molar-refractivity contribution is 5.02. The van der Waals surface area contributed by atoms with E-state index in [1.165, 1.54) is 0 Å². The van der Waals surface area contributed by atoms with Crippen molar-refractivity contribution in [1.82, 2.24) is 0 Å². The van der Waals surface area contributed by atoms with Crippen molar-refractivity contribution in [2.75, 3.05) is 0 Å². The lowest BCUT2D eigenvalue weighted by molar-refractivity contribution is -0.398. The topological polar surface area (TPSA) is 47.9 Å². The van der Waals surface area contributed by atoms with Gasteiger partial charge in [0.05, 0.1) is 12.2 Å². The molecule has 0 aromatic heterocycles. The van der Waals surface area contributed by atoms with Crippen LogP contribution < -0.4 is 0 Å². The number of rotatable bonds is 0. The van der Waals surface area contributed by atoms with E-state index in [-0.39, 0.29) is 12.2 Å². The summed E-state index contributed by atoms with van der Waals surface area (Å²) in [6.07, 6.45) is 6.62. The van der Waals surface area contributed by atoms with Crippen LogP contribution in [0, 0.1) is 0 Å². The van der Waals surface area contributed by atoms with Crippen LogP contribution in [-0.2, 0) is 14.2 Å². The van der Waals surface area contributed by atoms with Gasteiger partial charge >= 0.3 is 0 Å². The van der Waals surface area contributed by atoms with Gasteiger partial charge in [-0.3, -0.25) is 0 Å². The zero-order chi connectivity index (χ0) is 13.7. The zero-order valence-electron chi connectivity index (χ0n) is 12.3. The molecule has 110 valence electrons. The predicted octanol–water partition coefficient (Wildman–Crippen LogP) is 2.73.